The van der Waals surface area contributed by atoms with Crippen molar-refractivity contribution in [3.63, 3.8) is 0 Å². The molecular formula is C14H22ClNO3. The van der Waals surface area contributed by atoms with E-state index in [0.29, 0.717) is 17.2 Å². The fraction of sp³-hybridized carbons (Fsp3) is 0.429. The zero-order valence-corrected chi connectivity index (χ0v) is 12.7. The van der Waals surface area contributed by atoms with Crippen molar-refractivity contribution in [2.75, 3.05) is 21.3 Å². The molecule has 0 heterocycles. The summed E-state index contributed by atoms with van der Waals surface area (Å²) < 4.78 is 15.8. The minimum absolute atomic E-state index is 0. The van der Waals surface area contributed by atoms with E-state index in [2.05, 4.69) is 6.58 Å². The molecule has 0 radical (unpaired) electrons. The van der Waals surface area contributed by atoms with Crippen LogP contribution in [-0.4, -0.2) is 21.3 Å². The predicted octanol–water partition coefficient (Wildman–Crippen LogP) is 3.10. The minimum Gasteiger partial charge on any atom is -0.493 e. The third-order valence-corrected chi connectivity index (χ3v) is 2.68. The van der Waals surface area contributed by atoms with E-state index >= 15 is 0 Å². The number of hydrogen-bond acceptors (Lipinski definition) is 4. The topological polar surface area (TPSA) is 53.7 Å². The first-order valence-corrected chi connectivity index (χ1v) is 5.73. The molecule has 4 nitrogen and oxygen atoms in total. The van der Waals surface area contributed by atoms with Gasteiger partial charge in [0.25, 0.3) is 0 Å². The molecule has 0 bridgehead atoms. The van der Waals surface area contributed by atoms with E-state index in [4.69, 9.17) is 19.9 Å². The van der Waals surface area contributed by atoms with Gasteiger partial charge in [-0.3, -0.25) is 0 Å². The van der Waals surface area contributed by atoms with Gasteiger partial charge in [-0.15, -0.1) is 19.0 Å². The first kappa shape index (κ1) is 17.6. The van der Waals surface area contributed by atoms with E-state index in [1.165, 1.54) is 0 Å². The Balaban J connectivity index is 0.00000324. The zero-order chi connectivity index (χ0) is 13.7. The molecule has 1 aromatic carbocycles. The van der Waals surface area contributed by atoms with Crippen LogP contribution in [0, 0.1) is 0 Å². The third-order valence-electron chi connectivity index (χ3n) is 2.68. The van der Waals surface area contributed by atoms with Gasteiger partial charge >= 0.3 is 0 Å². The molecule has 5 heteroatoms. The van der Waals surface area contributed by atoms with E-state index in [1.54, 1.807) is 21.3 Å². The molecule has 0 aromatic heterocycles. The van der Waals surface area contributed by atoms with E-state index in [9.17, 15) is 0 Å². The molecule has 0 aliphatic heterocycles. The van der Waals surface area contributed by atoms with Gasteiger partial charge in [-0.25, -0.2) is 0 Å². The summed E-state index contributed by atoms with van der Waals surface area (Å²) in [5.41, 5.74) is 8.10. The fourth-order valence-corrected chi connectivity index (χ4v) is 1.81. The Hall–Kier alpha value is -1.39. The number of benzene rings is 1. The summed E-state index contributed by atoms with van der Waals surface area (Å²) in [6, 6.07) is 3.61. The van der Waals surface area contributed by atoms with Crippen LogP contribution in [0.1, 0.15) is 24.9 Å². The number of halogens is 1. The monoisotopic (exact) mass is 287 g/mol. The smallest absolute Gasteiger partial charge is 0.203 e. The van der Waals surface area contributed by atoms with Crippen molar-refractivity contribution in [2.45, 2.75) is 19.4 Å². The van der Waals surface area contributed by atoms with Gasteiger partial charge in [0.05, 0.1) is 21.3 Å². The highest BCUT2D eigenvalue weighted by atomic mass is 35.5. The van der Waals surface area contributed by atoms with Crippen LogP contribution in [0.25, 0.3) is 0 Å². The minimum atomic E-state index is -0.129. The lowest BCUT2D eigenvalue weighted by Gasteiger charge is -2.17. The molecule has 1 rings (SSSR count). The number of nitrogens with two attached hydrogens (primary N) is 1. The second-order valence-corrected chi connectivity index (χ2v) is 4.23. The van der Waals surface area contributed by atoms with Gasteiger partial charge in [0.1, 0.15) is 0 Å². The lowest BCUT2D eigenvalue weighted by atomic mass is 10.0. The molecule has 2 N–H and O–H groups in total. The van der Waals surface area contributed by atoms with Crippen molar-refractivity contribution in [1.82, 2.24) is 0 Å². The Kier molecular flexibility index (Phi) is 7.34. The lowest BCUT2D eigenvalue weighted by Crippen LogP contribution is -2.11. The Morgan fingerprint density at radius 1 is 1.16 bits per heavy atom. The number of methoxy groups -OCH3 is 3. The number of hydrogen-bond donors (Lipinski definition) is 1. The fourth-order valence-electron chi connectivity index (χ4n) is 1.81. The van der Waals surface area contributed by atoms with Crippen molar-refractivity contribution in [3.05, 3.63) is 29.8 Å². The molecule has 1 aromatic rings. The maximum Gasteiger partial charge on any atom is 0.203 e. The molecule has 0 amide bonds. The van der Waals surface area contributed by atoms with E-state index < -0.39 is 0 Å². The van der Waals surface area contributed by atoms with E-state index in [0.717, 1.165) is 17.6 Å². The van der Waals surface area contributed by atoms with Gasteiger partial charge in [-0.05, 0) is 31.0 Å². The average Bonchev–Trinajstić information content (AvgIpc) is 2.35. The summed E-state index contributed by atoms with van der Waals surface area (Å²) in [4.78, 5) is 0. The molecule has 0 aliphatic rings. The summed E-state index contributed by atoms with van der Waals surface area (Å²) in [5.74, 6) is 1.80. The van der Waals surface area contributed by atoms with Crippen molar-refractivity contribution in [3.8, 4) is 17.2 Å². The van der Waals surface area contributed by atoms with Crippen LogP contribution < -0.4 is 19.9 Å². The quantitative estimate of drug-likeness (QED) is 0.817. The van der Waals surface area contributed by atoms with Crippen LogP contribution in [0.3, 0.4) is 0 Å². The molecule has 0 spiro atoms. The molecular weight excluding hydrogens is 266 g/mol. The SMILES string of the molecule is C=C(C)C[C@H](N)c1cc(OC)c(OC)c(OC)c1.Cl. The third kappa shape index (κ3) is 4.33. The highest BCUT2D eigenvalue weighted by Crippen LogP contribution is 2.39. The molecule has 0 aliphatic carbocycles. The normalized spacial score (nSPS) is 11.2. The summed E-state index contributed by atoms with van der Waals surface area (Å²) in [6.45, 7) is 5.83. The van der Waals surface area contributed by atoms with Crippen LogP contribution in [0.5, 0.6) is 17.2 Å². The molecule has 108 valence electrons. The first-order chi connectivity index (χ1) is 8.53. The van der Waals surface area contributed by atoms with Crippen LogP contribution in [-0.2, 0) is 0 Å². The van der Waals surface area contributed by atoms with Crippen LogP contribution in [0.2, 0.25) is 0 Å². The van der Waals surface area contributed by atoms with Crippen LogP contribution in [0.15, 0.2) is 24.3 Å². The highest BCUT2D eigenvalue weighted by molar-refractivity contribution is 5.85. The molecule has 19 heavy (non-hydrogen) atoms. The molecule has 0 saturated carbocycles. The summed E-state index contributed by atoms with van der Waals surface area (Å²) in [5, 5.41) is 0. The van der Waals surface area contributed by atoms with Gasteiger partial charge in [0, 0.05) is 6.04 Å². The summed E-state index contributed by atoms with van der Waals surface area (Å²) in [7, 11) is 4.75. The predicted molar refractivity (Wildman–Crippen MR) is 79.7 cm³/mol. The zero-order valence-electron chi connectivity index (χ0n) is 11.9. The second kappa shape index (κ2) is 7.92. The molecule has 1 atom stereocenters. The molecule has 0 fully saturated rings. The first-order valence-electron chi connectivity index (χ1n) is 5.73. The van der Waals surface area contributed by atoms with E-state index in [-0.39, 0.29) is 18.4 Å². The Morgan fingerprint density at radius 2 is 1.63 bits per heavy atom. The largest absolute Gasteiger partial charge is 0.493 e. The van der Waals surface area contributed by atoms with Crippen molar-refractivity contribution in [2.24, 2.45) is 5.73 Å². The van der Waals surface area contributed by atoms with Crippen LogP contribution >= 0.6 is 12.4 Å². The van der Waals surface area contributed by atoms with Crippen LogP contribution in [0.4, 0.5) is 0 Å². The Morgan fingerprint density at radius 3 is 1.95 bits per heavy atom. The van der Waals surface area contributed by atoms with Gasteiger partial charge in [0.15, 0.2) is 11.5 Å². The Labute approximate surface area is 120 Å². The highest BCUT2D eigenvalue weighted by Gasteiger charge is 2.16. The lowest BCUT2D eigenvalue weighted by molar-refractivity contribution is 0.323. The summed E-state index contributed by atoms with van der Waals surface area (Å²) in [6.07, 6.45) is 0.721. The molecule has 0 saturated heterocycles. The maximum atomic E-state index is 6.12. The maximum absolute atomic E-state index is 6.12. The van der Waals surface area contributed by atoms with Gasteiger partial charge in [-0.1, -0.05) is 5.57 Å². The summed E-state index contributed by atoms with van der Waals surface area (Å²) >= 11 is 0. The number of ether oxygens (including phenoxy) is 3. The van der Waals surface area contributed by atoms with Crippen molar-refractivity contribution >= 4 is 12.4 Å². The number of rotatable bonds is 6. The second-order valence-electron chi connectivity index (χ2n) is 4.23. The van der Waals surface area contributed by atoms with Crippen molar-refractivity contribution < 1.29 is 14.2 Å². The van der Waals surface area contributed by atoms with Gasteiger partial charge in [0.2, 0.25) is 5.75 Å². The van der Waals surface area contributed by atoms with E-state index in [1.807, 2.05) is 19.1 Å². The standard InChI is InChI=1S/C14H21NO3.ClH/c1-9(2)6-11(15)10-7-12(16-3)14(18-5)13(8-10)17-4;/h7-8,11H,1,6,15H2,2-5H3;1H/t11-;/m0./s1. The van der Waals surface area contributed by atoms with Gasteiger partial charge < -0.3 is 19.9 Å². The van der Waals surface area contributed by atoms with Gasteiger partial charge in [-0.2, -0.15) is 0 Å². The van der Waals surface area contributed by atoms with Crippen molar-refractivity contribution in [1.29, 1.82) is 0 Å². The Bertz CT molecular complexity index is 410. The molecule has 0 unspecified atom stereocenters. The average molecular weight is 288 g/mol.